The molecule has 160 valence electrons. The van der Waals surface area contributed by atoms with Crippen LogP contribution in [-0.2, 0) is 13.0 Å². The Morgan fingerprint density at radius 1 is 0.909 bits per heavy atom. The molecule has 5 aromatic rings. The molecule has 0 amide bonds. The highest BCUT2D eigenvalue weighted by atomic mass is 15.3. The first-order valence-corrected chi connectivity index (χ1v) is 11.2. The third-order valence-electron chi connectivity index (χ3n) is 6.71. The van der Waals surface area contributed by atoms with Gasteiger partial charge in [0, 0.05) is 33.9 Å². The number of aromatic nitrogens is 1. The van der Waals surface area contributed by atoms with Crippen LogP contribution in [0.25, 0.3) is 38.5 Å². The molecule has 6 rings (SSSR count). The van der Waals surface area contributed by atoms with Crippen LogP contribution in [0.4, 0.5) is 0 Å². The van der Waals surface area contributed by atoms with Gasteiger partial charge in [0.05, 0.1) is 10.7 Å². The average Bonchev–Trinajstić information content (AvgIpc) is 3.17. The molecule has 0 bridgehead atoms. The second-order valence-electron chi connectivity index (χ2n) is 8.52. The van der Waals surface area contributed by atoms with E-state index in [2.05, 4.69) is 93.8 Å². The molecule has 0 fully saturated rings. The maximum absolute atomic E-state index is 6.08. The first-order chi connectivity index (χ1) is 16.2. The molecule has 5 nitrogen and oxygen atoms in total. The summed E-state index contributed by atoms with van der Waals surface area (Å²) < 4.78 is 2.48. The van der Waals surface area contributed by atoms with Crippen LogP contribution in [0.5, 0.6) is 0 Å². The van der Waals surface area contributed by atoms with Crippen LogP contribution in [0.1, 0.15) is 28.8 Å². The van der Waals surface area contributed by atoms with Crippen LogP contribution in [0.3, 0.4) is 0 Å². The lowest BCUT2D eigenvalue weighted by Crippen LogP contribution is -2.38. The number of fused-ring (bicyclic) bond motifs is 5. The summed E-state index contributed by atoms with van der Waals surface area (Å²) in [6.45, 7) is 0.808. The van der Waals surface area contributed by atoms with E-state index in [0.29, 0.717) is 5.84 Å². The number of allylic oxidation sites excluding steroid dienone is 1. The molecule has 0 aliphatic heterocycles. The lowest BCUT2D eigenvalue weighted by atomic mass is 9.96. The van der Waals surface area contributed by atoms with Crippen LogP contribution in [0.2, 0.25) is 0 Å². The van der Waals surface area contributed by atoms with Gasteiger partial charge in [-0.1, -0.05) is 60.7 Å². The van der Waals surface area contributed by atoms with Gasteiger partial charge in [-0.05, 0) is 64.2 Å². The Morgan fingerprint density at radius 3 is 2.36 bits per heavy atom. The van der Waals surface area contributed by atoms with Crippen molar-refractivity contribution in [3.05, 3.63) is 101 Å². The maximum atomic E-state index is 6.08. The molecule has 0 saturated carbocycles. The van der Waals surface area contributed by atoms with Gasteiger partial charge in [0.2, 0.25) is 0 Å². The maximum Gasteiger partial charge on any atom is 0.350 e. The van der Waals surface area contributed by atoms with Crippen molar-refractivity contribution < 1.29 is 5.41 Å². The summed E-state index contributed by atoms with van der Waals surface area (Å²) in [4.78, 5) is 0. The Morgan fingerprint density at radius 2 is 1.64 bits per heavy atom. The summed E-state index contributed by atoms with van der Waals surface area (Å²) in [5, 5.41) is 19.6. The molecule has 5 heteroatoms. The van der Waals surface area contributed by atoms with E-state index in [1.165, 1.54) is 49.3 Å². The zero-order valence-corrected chi connectivity index (χ0v) is 18.2. The lowest BCUT2D eigenvalue weighted by Gasteiger charge is -2.17. The number of amidine groups is 1. The van der Waals surface area contributed by atoms with Crippen molar-refractivity contribution in [2.24, 2.45) is 16.2 Å². The first-order valence-electron chi connectivity index (χ1n) is 11.2. The minimum atomic E-state index is 0.320. The SMILES string of the molecule is NN=NC(=[NH2+])c1ccc2c(c1)c1c(n2Cc2c3ccccc3cc3ccccc23)CCC=C1. The van der Waals surface area contributed by atoms with Gasteiger partial charge in [0.15, 0.2) is 0 Å². The number of hydrogen-bond donors (Lipinski definition) is 2. The predicted molar refractivity (Wildman–Crippen MR) is 135 cm³/mol. The number of nitrogens with two attached hydrogens (primary N) is 2. The number of rotatable bonds is 3. The quantitative estimate of drug-likeness (QED) is 0.106. The van der Waals surface area contributed by atoms with Crippen LogP contribution < -0.4 is 11.3 Å². The Balaban J connectivity index is 1.61. The van der Waals surface area contributed by atoms with E-state index in [1.807, 2.05) is 6.07 Å². The number of hydrogen-bond acceptors (Lipinski definition) is 1. The van der Waals surface area contributed by atoms with Gasteiger partial charge in [-0.3, -0.25) is 11.3 Å². The molecule has 4 N–H and O–H groups in total. The van der Waals surface area contributed by atoms with E-state index in [0.717, 1.165) is 24.9 Å². The molecule has 1 aliphatic rings. The van der Waals surface area contributed by atoms with Crippen molar-refractivity contribution in [2.45, 2.75) is 19.4 Å². The van der Waals surface area contributed by atoms with Crippen molar-refractivity contribution in [2.75, 3.05) is 0 Å². The zero-order valence-electron chi connectivity index (χ0n) is 18.2. The van der Waals surface area contributed by atoms with Crippen LogP contribution in [0.15, 0.2) is 89.2 Å². The normalized spacial score (nSPS) is 13.3. The van der Waals surface area contributed by atoms with Crippen LogP contribution in [0, 0.1) is 0 Å². The van der Waals surface area contributed by atoms with Gasteiger partial charge < -0.3 is 4.57 Å². The molecule has 1 aromatic heterocycles. The van der Waals surface area contributed by atoms with Gasteiger partial charge in [-0.2, -0.15) is 0 Å². The van der Waals surface area contributed by atoms with Gasteiger partial charge in [0.1, 0.15) is 0 Å². The predicted octanol–water partition coefficient (Wildman–Crippen LogP) is 4.79. The molecule has 0 saturated heterocycles. The Kier molecular flexibility index (Phi) is 4.54. The Bertz CT molecular complexity index is 1570. The van der Waals surface area contributed by atoms with E-state index in [4.69, 9.17) is 11.3 Å². The average molecular weight is 431 g/mol. The monoisotopic (exact) mass is 430 g/mol. The van der Waals surface area contributed by atoms with Crippen LogP contribution in [-0.4, -0.2) is 10.4 Å². The van der Waals surface area contributed by atoms with Gasteiger partial charge >= 0.3 is 5.84 Å². The van der Waals surface area contributed by atoms with E-state index in [9.17, 15) is 0 Å². The van der Waals surface area contributed by atoms with Gasteiger partial charge in [-0.15, -0.1) is 0 Å². The van der Waals surface area contributed by atoms with Crippen molar-refractivity contribution >= 4 is 44.4 Å². The fourth-order valence-electron chi connectivity index (χ4n) is 5.21. The Labute approximate surface area is 191 Å². The molecule has 4 aromatic carbocycles. The van der Waals surface area contributed by atoms with Crippen LogP contribution >= 0.6 is 0 Å². The smallest absolute Gasteiger partial charge is 0.339 e. The third-order valence-corrected chi connectivity index (χ3v) is 6.71. The molecule has 0 spiro atoms. The zero-order chi connectivity index (χ0) is 22.4. The van der Waals surface area contributed by atoms with E-state index >= 15 is 0 Å². The number of benzene rings is 4. The standard InChI is InChI=1S/C28H23N5/c29-28(31-32-30)20-13-14-27-24(16-20)23-11-5-6-12-26(23)33(27)17-25-21-9-3-1-7-18(21)15-19-8-2-4-10-22(19)25/h1-5,7-11,13-16H,6,12,17H2,(H3,29,30,31)/p+1. The highest BCUT2D eigenvalue weighted by molar-refractivity contribution is 6.03. The lowest BCUT2D eigenvalue weighted by molar-refractivity contribution is -0.114. The van der Waals surface area contributed by atoms with Crippen molar-refractivity contribution in [1.29, 1.82) is 0 Å². The van der Waals surface area contributed by atoms with E-state index in [-0.39, 0.29) is 0 Å². The van der Waals surface area contributed by atoms with Crippen molar-refractivity contribution in [1.82, 2.24) is 4.57 Å². The molecular weight excluding hydrogens is 406 g/mol. The fourth-order valence-corrected chi connectivity index (χ4v) is 5.21. The largest absolute Gasteiger partial charge is 0.350 e. The summed E-state index contributed by atoms with van der Waals surface area (Å²) in [7, 11) is 0. The van der Waals surface area contributed by atoms with Gasteiger partial charge in [0.25, 0.3) is 0 Å². The molecular formula is C28H24N5+. The Hall–Kier alpha value is -4.25. The summed E-state index contributed by atoms with van der Waals surface area (Å²) in [5.41, 5.74) is 6.00. The molecule has 0 unspecified atom stereocenters. The van der Waals surface area contributed by atoms with E-state index < -0.39 is 0 Å². The summed E-state index contributed by atoms with van der Waals surface area (Å²) in [6.07, 6.45) is 6.55. The topological polar surface area (TPSA) is 81.3 Å². The summed E-state index contributed by atoms with van der Waals surface area (Å²) in [6, 6.07) is 25.9. The molecule has 1 aliphatic carbocycles. The summed E-state index contributed by atoms with van der Waals surface area (Å²) in [5.74, 6) is 5.53. The molecule has 33 heavy (non-hydrogen) atoms. The molecule has 0 atom stereocenters. The fraction of sp³-hybridized carbons (Fsp3) is 0.107. The molecule has 1 heterocycles. The number of nitrogens with zero attached hydrogens (tertiary/aromatic N) is 3. The first kappa shape index (κ1) is 19.4. The summed E-state index contributed by atoms with van der Waals surface area (Å²) >= 11 is 0. The third kappa shape index (κ3) is 3.12. The minimum Gasteiger partial charge on any atom is -0.339 e. The molecule has 0 radical (unpaired) electrons. The minimum absolute atomic E-state index is 0.320. The highest BCUT2D eigenvalue weighted by Gasteiger charge is 2.21. The van der Waals surface area contributed by atoms with Crippen molar-refractivity contribution in [3.8, 4) is 0 Å². The second-order valence-corrected chi connectivity index (χ2v) is 8.52. The van der Waals surface area contributed by atoms with Crippen molar-refractivity contribution in [3.63, 3.8) is 0 Å². The highest BCUT2D eigenvalue weighted by Crippen LogP contribution is 2.35. The van der Waals surface area contributed by atoms with E-state index in [1.54, 1.807) is 0 Å². The second kappa shape index (κ2) is 7.71. The van der Waals surface area contributed by atoms with Gasteiger partial charge in [-0.25, -0.2) is 0 Å².